The molecule has 2 aliphatic carbocycles. The minimum absolute atomic E-state index is 0.258. The van der Waals surface area contributed by atoms with E-state index in [9.17, 15) is 18.3 Å². The number of aliphatic hydroxyl groups excluding tert-OH is 1. The van der Waals surface area contributed by atoms with Crippen molar-refractivity contribution in [2.24, 2.45) is 5.41 Å². The van der Waals surface area contributed by atoms with Crippen molar-refractivity contribution in [1.82, 2.24) is 4.98 Å². The number of amides is 1. The van der Waals surface area contributed by atoms with Crippen LogP contribution < -0.4 is 15.5 Å². The molecule has 0 bridgehead atoms. The molecule has 5 rings (SSSR count). The number of hydrogen-bond acceptors (Lipinski definition) is 7. The summed E-state index contributed by atoms with van der Waals surface area (Å²) in [5, 5.41) is 15.3. The first kappa shape index (κ1) is 25.0. The summed E-state index contributed by atoms with van der Waals surface area (Å²) in [4.78, 5) is 20.6. The monoisotopic (exact) mass is 512 g/mol. The summed E-state index contributed by atoms with van der Waals surface area (Å²) in [5.74, 6) is 0.911. The molecule has 1 saturated heterocycles. The molecule has 1 atom stereocenters. The highest BCUT2D eigenvalue weighted by atomic mass is 32.2. The highest BCUT2D eigenvalue weighted by molar-refractivity contribution is 7.92. The Morgan fingerprint density at radius 2 is 1.86 bits per heavy atom. The Labute approximate surface area is 213 Å². The van der Waals surface area contributed by atoms with Crippen LogP contribution in [0.25, 0.3) is 0 Å². The zero-order chi connectivity index (χ0) is 25.3. The van der Waals surface area contributed by atoms with Crippen LogP contribution >= 0.6 is 0 Å². The Bertz CT molecular complexity index is 1210. The van der Waals surface area contributed by atoms with E-state index in [-0.39, 0.29) is 16.1 Å². The SMILES string of the molecule is C[C@H](O)CNc1ccc(C(=O)Nc2cccc(S(=O)(=O)C3CCCC3)c2)c(N2CCC3(CC2)CC3)n1. The molecule has 194 valence electrons. The summed E-state index contributed by atoms with van der Waals surface area (Å²) in [6.45, 7) is 3.77. The van der Waals surface area contributed by atoms with Crippen LogP contribution in [0.15, 0.2) is 41.3 Å². The van der Waals surface area contributed by atoms with Gasteiger partial charge in [0.25, 0.3) is 5.91 Å². The van der Waals surface area contributed by atoms with Gasteiger partial charge < -0.3 is 20.6 Å². The molecule has 9 heteroatoms. The summed E-state index contributed by atoms with van der Waals surface area (Å²) in [5.41, 5.74) is 1.40. The van der Waals surface area contributed by atoms with Crippen LogP contribution in [0, 0.1) is 5.41 Å². The smallest absolute Gasteiger partial charge is 0.259 e. The van der Waals surface area contributed by atoms with E-state index in [1.165, 1.54) is 12.8 Å². The van der Waals surface area contributed by atoms with Crippen molar-refractivity contribution in [2.75, 3.05) is 35.2 Å². The number of nitrogens with one attached hydrogen (secondary N) is 2. The Kier molecular flexibility index (Phi) is 6.96. The van der Waals surface area contributed by atoms with E-state index < -0.39 is 15.9 Å². The van der Waals surface area contributed by atoms with E-state index >= 15 is 0 Å². The number of nitrogens with zero attached hydrogens (tertiary/aromatic N) is 2. The van der Waals surface area contributed by atoms with Gasteiger partial charge in [-0.15, -0.1) is 0 Å². The molecule has 3 aliphatic rings. The van der Waals surface area contributed by atoms with Crippen molar-refractivity contribution in [2.45, 2.75) is 74.5 Å². The van der Waals surface area contributed by atoms with Crippen LogP contribution in [-0.2, 0) is 9.84 Å². The first-order chi connectivity index (χ1) is 17.3. The van der Waals surface area contributed by atoms with Gasteiger partial charge in [0, 0.05) is 25.3 Å². The van der Waals surface area contributed by atoms with Gasteiger partial charge in [0.1, 0.15) is 11.6 Å². The quantitative estimate of drug-likeness (QED) is 0.485. The fourth-order valence-electron chi connectivity index (χ4n) is 5.43. The number of hydrogen-bond donors (Lipinski definition) is 3. The number of piperidine rings is 1. The number of anilines is 3. The second-order valence-corrected chi connectivity index (χ2v) is 12.9. The highest BCUT2D eigenvalue weighted by Crippen LogP contribution is 2.54. The summed E-state index contributed by atoms with van der Waals surface area (Å²) < 4.78 is 26.1. The lowest BCUT2D eigenvalue weighted by Crippen LogP contribution is -2.36. The zero-order valence-corrected chi connectivity index (χ0v) is 21.7. The topological polar surface area (TPSA) is 112 Å². The summed E-state index contributed by atoms with van der Waals surface area (Å²) in [6.07, 6.45) is 7.53. The molecule has 1 aromatic carbocycles. The van der Waals surface area contributed by atoms with Crippen LogP contribution in [-0.4, -0.2) is 55.4 Å². The third-order valence-corrected chi connectivity index (χ3v) is 10.2. The second-order valence-electron chi connectivity index (χ2n) is 10.7. The first-order valence-corrected chi connectivity index (χ1v) is 14.6. The van der Waals surface area contributed by atoms with Gasteiger partial charge in [0.15, 0.2) is 9.84 Å². The molecule has 2 heterocycles. The molecule has 8 nitrogen and oxygen atoms in total. The van der Waals surface area contributed by atoms with E-state index in [0.29, 0.717) is 47.7 Å². The van der Waals surface area contributed by atoms with Crippen molar-refractivity contribution < 1.29 is 18.3 Å². The van der Waals surface area contributed by atoms with E-state index in [1.54, 1.807) is 43.3 Å². The predicted molar refractivity (Wildman–Crippen MR) is 141 cm³/mol. The molecule has 1 amide bonds. The number of benzene rings is 1. The maximum atomic E-state index is 13.4. The van der Waals surface area contributed by atoms with Crippen molar-refractivity contribution in [3.8, 4) is 0 Å². The van der Waals surface area contributed by atoms with Crippen LogP contribution in [0.5, 0.6) is 0 Å². The van der Waals surface area contributed by atoms with Crippen molar-refractivity contribution in [3.05, 3.63) is 42.0 Å². The van der Waals surface area contributed by atoms with E-state index in [4.69, 9.17) is 4.98 Å². The third kappa shape index (κ3) is 5.37. The maximum Gasteiger partial charge on any atom is 0.259 e. The van der Waals surface area contributed by atoms with Gasteiger partial charge in [-0.3, -0.25) is 4.79 Å². The summed E-state index contributed by atoms with van der Waals surface area (Å²) in [7, 11) is -3.41. The van der Waals surface area contributed by atoms with Gasteiger partial charge in [-0.2, -0.15) is 0 Å². The number of rotatable bonds is 8. The number of aliphatic hydroxyl groups is 1. The number of pyridine rings is 1. The molecule has 0 unspecified atom stereocenters. The lowest BCUT2D eigenvalue weighted by atomic mass is 9.93. The summed E-state index contributed by atoms with van der Waals surface area (Å²) >= 11 is 0. The second kappa shape index (κ2) is 10.0. The third-order valence-electron chi connectivity index (χ3n) is 7.94. The molecule has 1 aromatic heterocycles. The Hall–Kier alpha value is -2.65. The van der Waals surface area contributed by atoms with E-state index in [2.05, 4.69) is 15.5 Å². The summed E-state index contributed by atoms with van der Waals surface area (Å²) in [6, 6.07) is 10.1. The molecule has 3 fully saturated rings. The molecule has 2 aromatic rings. The van der Waals surface area contributed by atoms with Gasteiger partial charge in [-0.25, -0.2) is 13.4 Å². The van der Waals surface area contributed by atoms with Gasteiger partial charge >= 0.3 is 0 Å². The number of carbonyl (C=O) groups is 1. The van der Waals surface area contributed by atoms with Crippen molar-refractivity contribution in [1.29, 1.82) is 0 Å². The van der Waals surface area contributed by atoms with Crippen LogP contribution in [0.4, 0.5) is 17.3 Å². The fraction of sp³-hybridized carbons (Fsp3) is 0.556. The normalized spacial score (nSPS) is 20.3. The first-order valence-electron chi connectivity index (χ1n) is 13.1. The largest absolute Gasteiger partial charge is 0.392 e. The molecule has 0 radical (unpaired) electrons. The van der Waals surface area contributed by atoms with Crippen molar-refractivity contribution in [3.63, 3.8) is 0 Å². The average molecular weight is 513 g/mol. The molecule has 3 N–H and O–H groups in total. The van der Waals surface area contributed by atoms with Crippen LogP contribution in [0.1, 0.15) is 68.6 Å². The predicted octanol–water partition coefficient (Wildman–Crippen LogP) is 4.22. The van der Waals surface area contributed by atoms with E-state index in [1.807, 2.05) is 0 Å². The minimum Gasteiger partial charge on any atom is -0.392 e. The standard InChI is InChI=1S/C27H36N4O4S/c1-19(32)18-28-24-10-9-23(25(30-24)31-15-13-27(11-12-27)14-16-31)26(33)29-20-5-4-8-22(17-20)36(34,35)21-6-2-3-7-21/h4-5,8-10,17,19,21,32H,2-3,6-7,11-16,18H2,1H3,(H,28,30)(H,29,33)/t19-/m0/s1. The molecule has 1 aliphatic heterocycles. The lowest BCUT2D eigenvalue weighted by molar-refractivity contribution is 0.102. The molecule has 1 spiro atoms. The van der Waals surface area contributed by atoms with Gasteiger partial charge in [-0.1, -0.05) is 18.9 Å². The number of aromatic nitrogens is 1. The van der Waals surface area contributed by atoms with Crippen LogP contribution in [0.2, 0.25) is 0 Å². The molecule has 36 heavy (non-hydrogen) atoms. The Morgan fingerprint density at radius 1 is 1.14 bits per heavy atom. The van der Waals surface area contributed by atoms with Gasteiger partial charge in [0.05, 0.1) is 21.8 Å². The van der Waals surface area contributed by atoms with E-state index in [0.717, 1.165) is 38.8 Å². The molecular weight excluding hydrogens is 476 g/mol. The highest BCUT2D eigenvalue weighted by Gasteiger charge is 2.45. The van der Waals surface area contributed by atoms with Crippen LogP contribution in [0.3, 0.4) is 0 Å². The van der Waals surface area contributed by atoms with Crippen molar-refractivity contribution >= 4 is 33.1 Å². The Morgan fingerprint density at radius 3 is 2.53 bits per heavy atom. The minimum atomic E-state index is -3.41. The fourth-order valence-corrected chi connectivity index (χ4v) is 7.33. The number of sulfone groups is 1. The maximum absolute atomic E-state index is 13.4. The molecular formula is C27H36N4O4S. The lowest BCUT2D eigenvalue weighted by Gasteiger charge is -2.34. The van der Waals surface area contributed by atoms with Gasteiger partial charge in [0.2, 0.25) is 0 Å². The zero-order valence-electron chi connectivity index (χ0n) is 20.9. The number of carbonyl (C=O) groups excluding carboxylic acids is 1. The molecule has 2 saturated carbocycles. The Balaban J connectivity index is 1.38. The van der Waals surface area contributed by atoms with Gasteiger partial charge in [-0.05, 0) is 81.2 Å². The average Bonchev–Trinajstić information content (AvgIpc) is 3.37.